The van der Waals surface area contributed by atoms with E-state index in [0.29, 0.717) is 0 Å². The van der Waals surface area contributed by atoms with Crippen molar-refractivity contribution in [2.75, 3.05) is 7.11 Å². The molecule has 0 aromatic heterocycles. The molecule has 0 radical (unpaired) electrons. The van der Waals surface area contributed by atoms with Gasteiger partial charge in [0.05, 0.1) is 0 Å². The fourth-order valence-electron chi connectivity index (χ4n) is 0.516. The Hall–Kier alpha value is -0.0331. The molecule has 0 N–H and O–H groups in total. The van der Waals surface area contributed by atoms with Gasteiger partial charge in [-0.3, -0.25) is 0 Å². The lowest BCUT2D eigenvalue weighted by molar-refractivity contribution is 0.0584. The average Bonchev–Trinajstić information content (AvgIpc) is 1.87. The lowest BCUT2D eigenvalue weighted by Crippen LogP contribution is -2.21. The zero-order chi connectivity index (χ0) is 8.15. The first-order chi connectivity index (χ1) is 4.57. The number of hydrogen-bond acceptors (Lipinski definition) is 1. The van der Waals surface area contributed by atoms with Gasteiger partial charge in [-0.1, -0.05) is 0 Å². The number of hydrogen-bond donors (Lipinski definition) is 0. The van der Waals surface area contributed by atoms with E-state index in [0.717, 1.165) is 0 Å². The number of halogens is 3. The summed E-state index contributed by atoms with van der Waals surface area (Å²) in [6.07, 6.45) is -4.85. The summed E-state index contributed by atoms with van der Waals surface area (Å²) in [6.45, 7) is 1.69. The highest BCUT2D eigenvalue weighted by molar-refractivity contribution is 6.50. The molecule has 0 spiro atoms. The Kier molecular flexibility index (Phi) is 4.72. The predicted molar refractivity (Wildman–Crippen MR) is 35.7 cm³/mol. The second-order valence-electron chi connectivity index (χ2n) is 2.13. The van der Waals surface area contributed by atoms with Gasteiger partial charge in [-0.15, -0.1) is 0 Å². The maximum absolute atomic E-state index is 12.2. The SMILES string of the molecule is CO[SiH](C)CC(F)C(F)F. The van der Waals surface area contributed by atoms with Gasteiger partial charge in [0.1, 0.15) is 0 Å². The summed E-state index contributed by atoms with van der Waals surface area (Å²) in [5, 5.41) is 0. The van der Waals surface area contributed by atoms with E-state index >= 15 is 0 Å². The molecule has 0 fully saturated rings. The fourth-order valence-corrected chi connectivity index (χ4v) is 1.55. The monoisotopic (exact) mass is 172 g/mol. The molecule has 0 aliphatic carbocycles. The van der Waals surface area contributed by atoms with Crippen LogP contribution in [-0.4, -0.2) is 28.7 Å². The van der Waals surface area contributed by atoms with Crippen LogP contribution >= 0.6 is 0 Å². The van der Waals surface area contributed by atoms with Gasteiger partial charge in [0.15, 0.2) is 15.2 Å². The van der Waals surface area contributed by atoms with Crippen molar-refractivity contribution in [2.24, 2.45) is 0 Å². The summed E-state index contributed by atoms with van der Waals surface area (Å²) in [6, 6.07) is -0.103. The first-order valence-electron chi connectivity index (χ1n) is 3.03. The van der Waals surface area contributed by atoms with Crippen molar-refractivity contribution in [3.05, 3.63) is 0 Å². The third-order valence-electron chi connectivity index (χ3n) is 1.23. The molecule has 0 aliphatic heterocycles. The zero-order valence-electron chi connectivity index (χ0n) is 5.98. The van der Waals surface area contributed by atoms with E-state index < -0.39 is 21.6 Å². The van der Waals surface area contributed by atoms with E-state index in [-0.39, 0.29) is 6.04 Å². The van der Waals surface area contributed by atoms with Gasteiger partial charge in [0, 0.05) is 13.2 Å². The van der Waals surface area contributed by atoms with E-state index in [2.05, 4.69) is 0 Å². The zero-order valence-corrected chi connectivity index (χ0v) is 7.14. The minimum atomic E-state index is -2.86. The van der Waals surface area contributed by atoms with Crippen molar-refractivity contribution in [2.45, 2.75) is 25.2 Å². The van der Waals surface area contributed by atoms with E-state index in [1.807, 2.05) is 0 Å². The van der Waals surface area contributed by atoms with Crippen molar-refractivity contribution in [1.82, 2.24) is 0 Å². The highest BCUT2D eigenvalue weighted by Crippen LogP contribution is 2.12. The van der Waals surface area contributed by atoms with Crippen LogP contribution in [0.25, 0.3) is 0 Å². The molecule has 2 unspecified atom stereocenters. The molecule has 0 amide bonds. The van der Waals surface area contributed by atoms with Crippen molar-refractivity contribution in [1.29, 1.82) is 0 Å². The fraction of sp³-hybridized carbons (Fsp3) is 1.00. The Labute approximate surface area is 59.9 Å². The van der Waals surface area contributed by atoms with Crippen LogP contribution in [0.4, 0.5) is 13.2 Å². The molecule has 62 valence electrons. The standard InChI is InChI=1S/C5H11F3OSi/c1-9-10(2)3-4(6)5(7)8/h4-5,10H,3H2,1-2H3. The van der Waals surface area contributed by atoms with Gasteiger partial charge >= 0.3 is 0 Å². The normalized spacial score (nSPS) is 17.4. The summed E-state index contributed by atoms with van der Waals surface area (Å²) < 4.78 is 39.9. The lowest BCUT2D eigenvalue weighted by atomic mass is 10.5. The van der Waals surface area contributed by atoms with Crippen LogP contribution in [-0.2, 0) is 4.43 Å². The maximum Gasteiger partial charge on any atom is 0.269 e. The van der Waals surface area contributed by atoms with Gasteiger partial charge in [-0.2, -0.15) is 0 Å². The van der Waals surface area contributed by atoms with Crippen LogP contribution < -0.4 is 0 Å². The number of alkyl halides is 3. The maximum atomic E-state index is 12.2. The molecule has 10 heavy (non-hydrogen) atoms. The average molecular weight is 172 g/mol. The Morgan fingerprint density at radius 1 is 1.40 bits per heavy atom. The molecule has 0 aromatic rings. The summed E-state index contributed by atoms with van der Waals surface area (Å²) in [4.78, 5) is 0. The van der Waals surface area contributed by atoms with E-state index in [1.165, 1.54) is 7.11 Å². The third kappa shape index (κ3) is 3.89. The predicted octanol–water partition coefficient (Wildman–Crippen LogP) is 1.59. The van der Waals surface area contributed by atoms with Crippen LogP contribution in [0, 0.1) is 0 Å². The molecule has 2 atom stereocenters. The van der Waals surface area contributed by atoms with E-state index in [4.69, 9.17) is 4.43 Å². The topological polar surface area (TPSA) is 9.23 Å². The molecular weight excluding hydrogens is 161 g/mol. The van der Waals surface area contributed by atoms with E-state index in [1.54, 1.807) is 6.55 Å². The van der Waals surface area contributed by atoms with Crippen LogP contribution in [0.15, 0.2) is 0 Å². The van der Waals surface area contributed by atoms with Gasteiger partial charge in [0.2, 0.25) is 0 Å². The van der Waals surface area contributed by atoms with E-state index in [9.17, 15) is 13.2 Å². The highest BCUT2D eigenvalue weighted by atomic mass is 28.3. The molecule has 1 nitrogen and oxygen atoms in total. The van der Waals surface area contributed by atoms with Gasteiger partial charge in [-0.05, 0) is 6.55 Å². The smallest absolute Gasteiger partial charge is 0.269 e. The van der Waals surface area contributed by atoms with Crippen LogP contribution in [0.5, 0.6) is 0 Å². The van der Waals surface area contributed by atoms with Crippen molar-refractivity contribution in [3.8, 4) is 0 Å². The molecule has 0 aliphatic rings. The molecule has 0 saturated heterocycles. The quantitative estimate of drug-likeness (QED) is 0.585. The molecule has 0 aromatic carbocycles. The van der Waals surface area contributed by atoms with Crippen LogP contribution in [0.1, 0.15) is 0 Å². The lowest BCUT2D eigenvalue weighted by Gasteiger charge is -2.10. The highest BCUT2D eigenvalue weighted by Gasteiger charge is 2.22. The summed E-state index contributed by atoms with van der Waals surface area (Å²) in [7, 11) is -0.225. The van der Waals surface area contributed by atoms with Gasteiger partial charge in [0.25, 0.3) is 6.43 Å². The first kappa shape index (κ1) is 9.97. The van der Waals surface area contributed by atoms with Gasteiger partial charge < -0.3 is 4.43 Å². The molecule has 5 heteroatoms. The summed E-state index contributed by atoms with van der Waals surface area (Å²) >= 11 is 0. The van der Waals surface area contributed by atoms with Crippen LogP contribution in [0.2, 0.25) is 12.6 Å². The second-order valence-corrected chi connectivity index (χ2v) is 4.70. The molecule has 0 saturated carbocycles. The van der Waals surface area contributed by atoms with Crippen LogP contribution in [0.3, 0.4) is 0 Å². The number of rotatable bonds is 4. The Bertz CT molecular complexity index is 91.0. The molecule has 0 heterocycles. The minimum absolute atomic E-state index is 0.103. The largest absolute Gasteiger partial charge is 0.423 e. The molecule has 0 rings (SSSR count). The second kappa shape index (κ2) is 4.73. The van der Waals surface area contributed by atoms with Crippen molar-refractivity contribution >= 4 is 9.04 Å². The molecular formula is C5H11F3OSi. The molecule has 0 bridgehead atoms. The Morgan fingerprint density at radius 2 is 1.90 bits per heavy atom. The third-order valence-corrected chi connectivity index (χ3v) is 3.15. The Balaban J connectivity index is 3.46. The summed E-state index contributed by atoms with van der Waals surface area (Å²) in [5.41, 5.74) is 0. The van der Waals surface area contributed by atoms with Crippen molar-refractivity contribution < 1.29 is 17.6 Å². The van der Waals surface area contributed by atoms with Crippen molar-refractivity contribution in [3.63, 3.8) is 0 Å². The van der Waals surface area contributed by atoms with Gasteiger partial charge in [-0.25, -0.2) is 13.2 Å². The summed E-state index contributed by atoms with van der Waals surface area (Å²) in [5.74, 6) is 0. The minimum Gasteiger partial charge on any atom is -0.423 e. The first-order valence-corrected chi connectivity index (χ1v) is 5.47. The Morgan fingerprint density at radius 3 is 2.20 bits per heavy atom.